The number of esters is 1. The molecule has 2 atom stereocenters. The van der Waals surface area contributed by atoms with Crippen molar-refractivity contribution in [3.05, 3.63) is 0 Å². The molecule has 0 aliphatic carbocycles. The number of hydrogen-bond donors (Lipinski definition) is 1. The van der Waals surface area contributed by atoms with Crippen LogP contribution < -0.4 is 0 Å². The van der Waals surface area contributed by atoms with E-state index in [1.807, 2.05) is 4.90 Å². The Labute approximate surface area is 356 Å². The molecule has 0 spiro atoms. The van der Waals surface area contributed by atoms with E-state index in [-0.39, 0.29) is 24.6 Å². The van der Waals surface area contributed by atoms with Gasteiger partial charge in [-0.15, -0.1) is 0 Å². The molecule has 6 heteroatoms. The van der Waals surface area contributed by atoms with Gasteiger partial charge in [0.25, 0.3) is 0 Å². The normalized spacial score (nSPS) is 12.6. The molecule has 0 saturated carbocycles. The minimum atomic E-state index is -0.0123. The van der Waals surface area contributed by atoms with E-state index in [2.05, 4.69) is 27.7 Å². The van der Waals surface area contributed by atoms with Crippen molar-refractivity contribution in [2.75, 3.05) is 32.9 Å². The molecule has 0 aromatic carbocycles. The second-order valence-electron chi connectivity index (χ2n) is 17.7. The van der Waals surface area contributed by atoms with Crippen LogP contribution in [0.4, 0.5) is 0 Å². The minimum Gasteiger partial charge on any atom is -0.462 e. The number of nitrogens with zero attached hydrogens (tertiary/aromatic N) is 1. The van der Waals surface area contributed by atoms with Crippen molar-refractivity contribution < 1.29 is 24.2 Å². The van der Waals surface area contributed by atoms with E-state index in [1.54, 1.807) is 0 Å². The predicted molar refractivity (Wildman–Crippen MR) is 246 cm³/mol. The molecule has 0 saturated heterocycles. The van der Waals surface area contributed by atoms with Crippen molar-refractivity contribution in [1.82, 2.24) is 4.90 Å². The number of unbranched alkanes of at least 4 members (excludes halogenated alkanes) is 25. The highest BCUT2D eigenvalue weighted by molar-refractivity contribution is 5.76. The second-order valence-corrected chi connectivity index (χ2v) is 17.7. The second kappa shape index (κ2) is 45.9. The van der Waals surface area contributed by atoms with Crippen LogP contribution in [0.5, 0.6) is 0 Å². The Balaban J connectivity index is 4.38. The van der Waals surface area contributed by atoms with Gasteiger partial charge in [-0.2, -0.15) is 0 Å². The van der Waals surface area contributed by atoms with Gasteiger partial charge in [-0.05, 0) is 50.9 Å². The molecule has 6 nitrogen and oxygen atoms in total. The fourth-order valence-electron chi connectivity index (χ4n) is 8.34. The minimum absolute atomic E-state index is 0.0123. The maximum Gasteiger partial charge on any atom is 0.306 e. The molecule has 2 unspecified atom stereocenters. The highest BCUT2D eigenvalue weighted by atomic mass is 16.5. The number of amides is 1. The first-order valence-corrected chi connectivity index (χ1v) is 25.7. The summed E-state index contributed by atoms with van der Waals surface area (Å²) in [6.45, 7) is 11.3. The summed E-state index contributed by atoms with van der Waals surface area (Å²) < 4.78 is 11.5. The first-order valence-electron chi connectivity index (χ1n) is 25.7. The van der Waals surface area contributed by atoms with Gasteiger partial charge in [-0.1, -0.05) is 214 Å². The van der Waals surface area contributed by atoms with E-state index >= 15 is 0 Å². The number of ether oxygens (including phenoxy) is 2. The zero-order chi connectivity index (χ0) is 41.7. The summed E-state index contributed by atoms with van der Waals surface area (Å²) in [5, 5.41) is 9.11. The molecule has 340 valence electrons. The van der Waals surface area contributed by atoms with Crippen LogP contribution in [0.1, 0.15) is 272 Å². The molecular weight excluding hydrogens is 707 g/mol. The lowest BCUT2D eigenvalue weighted by Crippen LogP contribution is -2.35. The molecule has 0 radical (unpaired) electrons. The van der Waals surface area contributed by atoms with E-state index in [0.29, 0.717) is 32.6 Å². The van der Waals surface area contributed by atoms with Crippen molar-refractivity contribution in [2.24, 2.45) is 5.92 Å². The lowest BCUT2D eigenvalue weighted by molar-refractivity contribution is -0.150. The molecule has 1 N–H and O–H groups in total. The van der Waals surface area contributed by atoms with Crippen LogP contribution in [0.25, 0.3) is 0 Å². The van der Waals surface area contributed by atoms with Crippen molar-refractivity contribution in [3.63, 3.8) is 0 Å². The summed E-state index contributed by atoms with van der Waals surface area (Å²) in [7, 11) is 0. The number of carbonyl (C=O) groups is 2. The largest absolute Gasteiger partial charge is 0.462 e. The zero-order valence-corrected chi connectivity index (χ0v) is 39.1. The Morgan fingerprint density at radius 2 is 0.825 bits per heavy atom. The smallest absolute Gasteiger partial charge is 0.306 e. The summed E-state index contributed by atoms with van der Waals surface area (Å²) in [5.74, 6) is 1.17. The zero-order valence-electron chi connectivity index (χ0n) is 39.1. The van der Waals surface area contributed by atoms with Crippen LogP contribution in [0, 0.1) is 5.92 Å². The van der Waals surface area contributed by atoms with E-state index < -0.39 is 0 Å². The molecule has 0 heterocycles. The highest BCUT2D eigenvalue weighted by Crippen LogP contribution is 2.25. The Bertz CT molecular complexity index is 821. The molecule has 1 amide bonds. The van der Waals surface area contributed by atoms with Crippen LogP contribution in [0.2, 0.25) is 0 Å². The van der Waals surface area contributed by atoms with Gasteiger partial charge in [0.05, 0.1) is 19.8 Å². The average molecular weight is 808 g/mol. The number of rotatable bonds is 47. The molecule has 0 aromatic heterocycles. The lowest BCUT2D eigenvalue weighted by Gasteiger charge is -2.23. The quantitative estimate of drug-likeness (QED) is 0.0489. The molecule has 0 aliphatic rings. The first-order chi connectivity index (χ1) is 28.0. The molecule has 0 aliphatic heterocycles. The van der Waals surface area contributed by atoms with Gasteiger partial charge in [-0.3, -0.25) is 9.59 Å². The van der Waals surface area contributed by atoms with Gasteiger partial charge >= 0.3 is 5.97 Å². The maximum absolute atomic E-state index is 13.2. The summed E-state index contributed by atoms with van der Waals surface area (Å²) in [6.07, 6.45) is 46.5. The van der Waals surface area contributed by atoms with Crippen LogP contribution in [-0.2, 0) is 19.1 Å². The molecule has 0 rings (SSSR count). The number of carbonyl (C=O) groups excluding carboxylic acids is 2. The Hall–Kier alpha value is -1.14. The molecule has 0 fully saturated rings. The topological polar surface area (TPSA) is 76.1 Å². The molecule has 0 aromatic rings. The molecular formula is C51H101NO5. The van der Waals surface area contributed by atoms with Crippen molar-refractivity contribution in [1.29, 1.82) is 0 Å². The number of aliphatic hydroxyl groups excluding tert-OH is 1. The van der Waals surface area contributed by atoms with Gasteiger partial charge in [-0.25, -0.2) is 0 Å². The maximum atomic E-state index is 13.2. The van der Waals surface area contributed by atoms with E-state index in [9.17, 15) is 9.59 Å². The van der Waals surface area contributed by atoms with Crippen molar-refractivity contribution >= 4 is 11.9 Å². The van der Waals surface area contributed by atoms with Crippen LogP contribution >= 0.6 is 0 Å². The van der Waals surface area contributed by atoms with E-state index in [4.69, 9.17) is 14.6 Å². The van der Waals surface area contributed by atoms with Crippen LogP contribution in [-0.4, -0.2) is 60.9 Å². The van der Waals surface area contributed by atoms with Crippen molar-refractivity contribution in [3.8, 4) is 0 Å². The number of aliphatic hydroxyl groups is 1. The SMILES string of the molecule is CCCCCCCCC(CCCCCC)CCCCCCCCC(=O)N(CCCCCCCC(=O)OC(CCCCCC)CCCCCCCC)CCOCCO. The van der Waals surface area contributed by atoms with Crippen LogP contribution in [0.3, 0.4) is 0 Å². The third-order valence-corrected chi connectivity index (χ3v) is 12.1. The van der Waals surface area contributed by atoms with Gasteiger partial charge < -0.3 is 19.5 Å². The summed E-state index contributed by atoms with van der Waals surface area (Å²) >= 11 is 0. The average Bonchev–Trinajstić information content (AvgIpc) is 3.21. The Morgan fingerprint density at radius 3 is 1.30 bits per heavy atom. The fourth-order valence-corrected chi connectivity index (χ4v) is 8.34. The third-order valence-electron chi connectivity index (χ3n) is 12.1. The number of hydrogen-bond acceptors (Lipinski definition) is 5. The molecule has 0 bridgehead atoms. The van der Waals surface area contributed by atoms with Gasteiger partial charge in [0, 0.05) is 25.9 Å². The van der Waals surface area contributed by atoms with Gasteiger partial charge in [0.2, 0.25) is 5.91 Å². The fraction of sp³-hybridized carbons (Fsp3) is 0.961. The van der Waals surface area contributed by atoms with Gasteiger partial charge in [0.1, 0.15) is 6.10 Å². The van der Waals surface area contributed by atoms with Crippen molar-refractivity contribution in [2.45, 2.75) is 278 Å². The summed E-state index contributed by atoms with van der Waals surface area (Å²) in [4.78, 5) is 27.9. The van der Waals surface area contributed by atoms with E-state index in [0.717, 1.165) is 76.7 Å². The predicted octanol–water partition coefficient (Wildman–Crippen LogP) is 15.3. The first kappa shape index (κ1) is 55.9. The van der Waals surface area contributed by atoms with E-state index in [1.165, 1.54) is 167 Å². The Morgan fingerprint density at radius 1 is 0.439 bits per heavy atom. The Kier molecular flexibility index (Phi) is 45.0. The highest BCUT2D eigenvalue weighted by Gasteiger charge is 2.16. The third kappa shape index (κ3) is 40.1. The summed E-state index contributed by atoms with van der Waals surface area (Å²) in [5.41, 5.74) is 0. The van der Waals surface area contributed by atoms with Gasteiger partial charge in [0.15, 0.2) is 0 Å². The summed E-state index contributed by atoms with van der Waals surface area (Å²) in [6, 6.07) is 0. The molecule has 57 heavy (non-hydrogen) atoms. The standard InChI is InChI=1S/C51H101NO5/c1-5-9-13-17-22-29-37-48(36-28-15-11-7-3)38-30-23-19-20-25-33-41-50(54)52(44-46-56-47-45-53)43-35-27-21-26-34-42-51(55)57-49(39-31-16-12-8-4)40-32-24-18-14-10-6-2/h48-49,53H,5-47H2,1-4H3. The van der Waals surface area contributed by atoms with Crippen LogP contribution in [0.15, 0.2) is 0 Å². The lowest BCUT2D eigenvalue weighted by atomic mass is 9.89. The monoisotopic (exact) mass is 808 g/mol.